The molecular formula is C13H19ClFNO. The Morgan fingerprint density at radius 2 is 2.00 bits per heavy atom. The van der Waals surface area contributed by atoms with Gasteiger partial charge >= 0.3 is 0 Å². The molecule has 1 atom stereocenters. The van der Waals surface area contributed by atoms with E-state index < -0.39 is 0 Å². The van der Waals surface area contributed by atoms with E-state index in [1.807, 2.05) is 0 Å². The SMILES string of the molecule is COc1cc([C@@H](N)C2CCCC2)ccc1F.Cl. The van der Waals surface area contributed by atoms with Crippen molar-refractivity contribution in [3.63, 3.8) is 0 Å². The van der Waals surface area contributed by atoms with Gasteiger partial charge in [-0.15, -0.1) is 12.4 Å². The molecule has 0 aliphatic heterocycles. The summed E-state index contributed by atoms with van der Waals surface area (Å²) >= 11 is 0. The second-order valence-electron chi connectivity index (χ2n) is 4.46. The average Bonchev–Trinajstić information content (AvgIpc) is 2.82. The van der Waals surface area contributed by atoms with Gasteiger partial charge in [0.25, 0.3) is 0 Å². The van der Waals surface area contributed by atoms with Gasteiger partial charge in [-0.3, -0.25) is 0 Å². The van der Waals surface area contributed by atoms with Gasteiger partial charge in [0, 0.05) is 6.04 Å². The van der Waals surface area contributed by atoms with E-state index in [-0.39, 0.29) is 30.0 Å². The summed E-state index contributed by atoms with van der Waals surface area (Å²) in [6.45, 7) is 0. The van der Waals surface area contributed by atoms with Crippen LogP contribution in [0.2, 0.25) is 0 Å². The largest absolute Gasteiger partial charge is 0.494 e. The van der Waals surface area contributed by atoms with Crippen LogP contribution in [0.15, 0.2) is 18.2 Å². The summed E-state index contributed by atoms with van der Waals surface area (Å²) in [5.41, 5.74) is 7.17. The van der Waals surface area contributed by atoms with Crippen LogP contribution in [0.1, 0.15) is 37.3 Å². The summed E-state index contributed by atoms with van der Waals surface area (Å²) in [7, 11) is 1.48. The van der Waals surface area contributed by atoms with Crippen molar-refractivity contribution in [1.29, 1.82) is 0 Å². The highest BCUT2D eigenvalue weighted by Crippen LogP contribution is 2.35. The monoisotopic (exact) mass is 259 g/mol. The second-order valence-corrected chi connectivity index (χ2v) is 4.46. The van der Waals surface area contributed by atoms with Crippen LogP contribution in [0, 0.1) is 11.7 Å². The van der Waals surface area contributed by atoms with Crippen LogP contribution in [0.5, 0.6) is 5.75 Å². The maximum absolute atomic E-state index is 13.2. The predicted octanol–water partition coefficient (Wildman–Crippen LogP) is 3.45. The number of methoxy groups -OCH3 is 1. The maximum atomic E-state index is 13.2. The van der Waals surface area contributed by atoms with Crippen LogP contribution in [-0.4, -0.2) is 7.11 Å². The van der Waals surface area contributed by atoms with Gasteiger partial charge in [-0.25, -0.2) is 4.39 Å². The highest BCUT2D eigenvalue weighted by atomic mass is 35.5. The number of hydrogen-bond donors (Lipinski definition) is 1. The van der Waals surface area contributed by atoms with Crippen LogP contribution in [-0.2, 0) is 0 Å². The molecule has 1 saturated carbocycles. The van der Waals surface area contributed by atoms with Gasteiger partial charge in [-0.05, 0) is 36.5 Å². The smallest absolute Gasteiger partial charge is 0.165 e. The quantitative estimate of drug-likeness (QED) is 0.902. The molecule has 2 N–H and O–H groups in total. The van der Waals surface area contributed by atoms with E-state index in [4.69, 9.17) is 10.5 Å². The fraction of sp³-hybridized carbons (Fsp3) is 0.538. The Morgan fingerprint density at radius 3 is 2.59 bits per heavy atom. The van der Waals surface area contributed by atoms with E-state index in [1.165, 1.54) is 38.9 Å². The molecule has 0 heterocycles. The lowest BCUT2D eigenvalue weighted by Crippen LogP contribution is -2.19. The van der Waals surface area contributed by atoms with Gasteiger partial charge in [0.05, 0.1) is 7.11 Å². The first-order valence-corrected chi connectivity index (χ1v) is 5.81. The van der Waals surface area contributed by atoms with Crippen LogP contribution < -0.4 is 10.5 Å². The molecule has 0 spiro atoms. The van der Waals surface area contributed by atoms with Gasteiger partial charge in [0.15, 0.2) is 11.6 Å². The summed E-state index contributed by atoms with van der Waals surface area (Å²) < 4.78 is 18.2. The minimum atomic E-state index is -0.329. The Morgan fingerprint density at radius 1 is 1.35 bits per heavy atom. The van der Waals surface area contributed by atoms with Crippen molar-refractivity contribution in [2.45, 2.75) is 31.7 Å². The van der Waals surface area contributed by atoms with Crippen molar-refractivity contribution < 1.29 is 9.13 Å². The lowest BCUT2D eigenvalue weighted by atomic mass is 9.92. The molecule has 1 aromatic carbocycles. The molecule has 1 fully saturated rings. The van der Waals surface area contributed by atoms with Gasteiger partial charge in [0.2, 0.25) is 0 Å². The minimum absolute atomic E-state index is 0. The molecule has 0 radical (unpaired) electrons. The molecular weight excluding hydrogens is 241 g/mol. The van der Waals surface area contributed by atoms with Crippen molar-refractivity contribution in [1.82, 2.24) is 0 Å². The maximum Gasteiger partial charge on any atom is 0.165 e. The fourth-order valence-corrected chi connectivity index (χ4v) is 2.47. The third-order valence-corrected chi connectivity index (χ3v) is 3.47. The lowest BCUT2D eigenvalue weighted by Gasteiger charge is -2.19. The number of benzene rings is 1. The minimum Gasteiger partial charge on any atom is -0.494 e. The zero-order chi connectivity index (χ0) is 11.5. The van der Waals surface area contributed by atoms with Crippen molar-refractivity contribution >= 4 is 12.4 Å². The second kappa shape index (κ2) is 6.22. The van der Waals surface area contributed by atoms with Gasteiger partial charge in [-0.1, -0.05) is 18.9 Å². The van der Waals surface area contributed by atoms with E-state index in [9.17, 15) is 4.39 Å². The number of halogens is 2. The molecule has 1 aliphatic rings. The fourth-order valence-electron chi connectivity index (χ4n) is 2.47. The van der Waals surface area contributed by atoms with Crippen molar-refractivity contribution in [3.05, 3.63) is 29.6 Å². The standard InChI is InChI=1S/C13H18FNO.ClH/c1-16-12-8-10(6-7-11(12)14)13(15)9-4-2-3-5-9;/h6-9,13H,2-5,15H2,1H3;1H/t13-;/m0./s1. The van der Waals surface area contributed by atoms with Gasteiger partial charge in [0.1, 0.15) is 0 Å². The molecule has 17 heavy (non-hydrogen) atoms. The van der Waals surface area contributed by atoms with E-state index in [0.29, 0.717) is 5.92 Å². The summed E-state index contributed by atoms with van der Waals surface area (Å²) in [6.07, 6.45) is 4.88. The molecule has 0 unspecified atom stereocenters. The van der Waals surface area contributed by atoms with Crippen LogP contribution in [0.3, 0.4) is 0 Å². The first-order valence-electron chi connectivity index (χ1n) is 5.81. The molecule has 1 aliphatic carbocycles. The van der Waals surface area contributed by atoms with Crippen molar-refractivity contribution in [2.75, 3.05) is 7.11 Å². The molecule has 0 bridgehead atoms. The Labute approximate surface area is 108 Å². The summed E-state index contributed by atoms with van der Waals surface area (Å²) in [6, 6.07) is 4.93. The molecule has 1 aromatic rings. The molecule has 2 nitrogen and oxygen atoms in total. The van der Waals surface area contributed by atoms with E-state index in [0.717, 1.165) is 5.56 Å². The first kappa shape index (κ1) is 14.3. The number of nitrogens with two attached hydrogens (primary N) is 1. The predicted molar refractivity (Wildman–Crippen MR) is 69.1 cm³/mol. The summed E-state index contributed by atoms with van der Waals surface area (Å²) in [5, 5.41) is 0. The first-order chi connectivity index (χ1) is 7.72. The highest BCUT2D eigenvalue weighted by Gasteiger charge is 2.23. The molecule has 4 heteroatoms. The summed E-state index contributed by atoms with van der Waals surface area (Å²) in [4.78, 5) is 0. The highest BCUT2D eigenvalue weighted by molar-refractivity contribution is 5.85. The zero-order valence-corrected chi connectivity index (χ0v) is 10.8. The van der Waals surface area contributed by atoms with Crippen molar-refractivity contribution in [2.24, 2.45) is 11.7 Å². The van der Waals surface area contributed by atoms with E-state index >= 15 is 0 Å². The van der Waals surface area contributed by atoms with Crippen LogP contribution in [0.4, 0.5) is 4.39 Å². The van der Waals surface area contributed by atoms with Gasteiger partial charge < -0.3 is 10.5 Å². The molecule has 0 aromatic heterocycles. The lowest BCUT2D eigenvalue weighted by molar-refractivity contribution is 0.382. The number of ether oxygens (including phenoxy) is 1. The van der Waals surface area contributed by atoms with E-state index in [1.54, 1.807) is 12.1 Å². The zero-order valence-electron chi connectivity index (χ0n) is 9.99. The third-order valence-electron chi connectivity index (χ3n) is 3.47. The molecule has 96 valence electrons. The normalized spacial score (nSPS) is 17.6. The Balaban J connectivity index is 0.00000144. The number of hydrogen-bond acceptors (Lipinski definition) is 2. The number of rotatable bonds is 3. The Kier molecular flexibility index (Phi) is 5.22. The third kappa shape index (κ3) is 3.11. The van der Waals surface area contributed by atoms with Gasteiger partial charge in [-0.2, -0.15) is 0 Å². The van der Waals surface area contributed by atoms with Crippen LogP contribution in [0.25, 0.3) is 0 Å². The summed E-state index contributed by atoms with van der Waals surface area (Å²) in [5.74, 6) is 0.492. The van der Waals surface area contributed by atoms with Crippen molar-refractivity contribution in [3.8, 4) is 5.75 Å². The Bertz CT molecular complexity index is 366. The average molecular weight is 260 g/mol. The van der Waals surface area contributed by atoms with E-state index in [2.05, 4.69) is 0 Å². The molecule has 0 saturated heterocycles. The topological polar surface area (TPSA) is 35.2 Å². The molecule has 0 amide bonds. The molecule has 2 rings (SSSR count). The van der Waals surface area contributed by atoms with Crippen LogP contribution >= 0.6 is 12.4 Å². The Hall–Kier alpha value is -0.800.